The first kappa shape index (κ1) is 13.0. The van der Waals surface area contributed by atoms with Crippen LogP contribution in [0.25, 0.3) is 5.57 Å². The molecule has 0 aromatic carbocycles. The van der Waals surface area contributed by atoms with Crippen molar-refractivity contribution >= 4 is 11.5 Å². The maximum Gasteiger partial charge on any atom is 0.289 e. The van der Waals surface area contributed by atoms with Gasteiger partial charge in [0, 0.05) is 30.4 Å². The smallest absolute Gasteiger partial charge is 0.289 e. The molecule has 1 aromatic heterocycles. The zero-order valence-electron chi connectivity index (χ0n) is 12.2. The number of allylic oxidation sites excluding steroid dienone is 3. The van der Waals surface area contributed by atoms with Gasteiger partial charge in [0.15, 0.2) is 5.76 Å². The van der Waals surface area contributed by atoms with Crippen LogP contribution < -0.4 is 5.32 Å². The van der Waals surface area contributed by atoms with Gasteiger partial charge in [0.1, 0.15) is 5.76 Å². The van der Waals surface area contributed by atoms with Gasteiger partial charge < -0.3 is 14.6 Å². The minimum Gasteiger partial charge on any atom is -0.451 e. The van der Waals surface area contributed by atoms with Crippen LogP contribution in [0.4, 0.5) is 0 Å². The SMILES string of the molecule is CCC1=CC(c2ccc(C(=O)N3CC3C)o2)=C(C)NC1. The van der Waals surface area contributed by atoms with E-state index in [1.165, 1.54) is 5.57 Å². The van der Waals surface area contributed by atoms with Crippen LogP contribution in [0.1, 0.15) is 43.5 Å². The number of rotatable bonds is 3. The summed E-state index contributed by atoms with van der Waals surface area (Å²) >= 11 is 0. The van der Waals surface area contributed by atoms with Crippen LogP contribution in [0, 0.1) is 0 Å². The second kappa shape index (κ2) is 4.85. The minimum atomic E-state index is -0.00883. The molecule has 20 heavy (non-hydrogen) atoms. The number of nitrogens with one attached hydrogen (secondary N) is 1. The third-order valence-electron chi connectivity index (χ3n) is 3.99. The van der Waals surface area contributed by atoms with E-state index in [1.807, 2.05) is 19.9 Å². The molecule has 0 saturated carbocycles. The van der Waals surface area contributed by atoms with E-state index in [4.69, 9.17) is 4.42 Å². The molecule has 1 atom stereocenters. The van der Waals surface area contributed by atoms with Crippen molar-refractivity contribution in [3.8, 4) is 0 Å². The molecule has 2 aliphatic heterocycles. The molecule has 1 amide bonds. The highest BCUT2D eigenvalue weighted by molar-refractivity contribution is 5.94. The molecule has 1 unspecified atom stereocenters. The van der Waals surface area contributed by atoms with E-state index in [1.54, 1.807) is 11.0 Å². The van der Waals surface area contributed by atoms with Crippen molar-refractivity contribution < 1.29 is 9.21 Å². The normalized spacial score (nSPS) is 21.6. The zero-order valence-corrected chi connectivity index (χ0v) is 12.2. The standard InChI is InChI=1S/C16H20N2O2/c1-4-12-7-13(11(3)17-8-12)14-5-6-15(20-14)16(19)18-9-10(18)2/h5-7,10,17H,4,8-9H2,1-3H3. The molecule has 1 aromatic rings. The molecular formula is C16H20N2O2. The molecule has 1 fully saturated rings. The monoisotopic (exact) mass is 272 g/mol. The lowest BCUT2D eigenvalue weighted by Gasteiger charge is -2.18. The molecule has 4 nitrogen and oxygen atoms in total. The first-order chi connectivity index (χ1) is 9.60. The molecule has 0 aliphatic carbocycles. The Morgan fingerprint density at radius 1 is 1.50 bits per heavy atom. The number of carbonyl (C=O) groups is 1. The second-order valence-corrected chi connectivity index (χ2v) is 5.52. The molecule has 0 spiro atoms. The van der Waals surface area contributed by atoms with E-state index in [9.17, 15) is 4.79 Å². The molecule has 1 N–H and O–H groups in total. The van der Waals surface area contributed by atoms with Crippen LogP contribution >= 0.6 is 0 Å². The number of hydrogen-bond acceptors (Lipinski definition) is 3. The van der Waals surface area contributed by atoms with Gasteiger partial charge >= 0.3 is 0 Å². The van der Waals surface area contributed by atoms with E-state index < -0.39 is 0 Å². The van der Waals surface area contributed by atoms with Crippen LogP contribution in [-0.4, -0.2) is 29.9 Å². The third kappa shape index (κ3) is 2.26. The summed E-state index contributed by atoms with van der Waals surface area (Å²) in [5.74, 6) is 1.19. The minimum absolute atomic E-state index is 0.00883. The molecule has 0 radical (unpaired) electrons. The Morgan fingerprint density at radius 2 is 2.25 bits per heavy atom. The quantitative estimate of drug-likeness (QED) is 0.861. The van der Waals surface area contributed by atoms with Gasteiger partial charge in [0.25, 0.3) is 5.91 Å². The highest BCUT2D eigenvalue weighted by Crippen LogP contribution is 2.28. The highest BCUT2D eigenvalue weighted by atomic mass is 16.4. The largest absolute Gasteiger partial charge is 0.451 e. The molecule has 4 heteroatoms. The van der Waals surface area contributed by atoms with Gasteiger partial charge in [0.2, 0.25) is 0 Å². The van der Waals surface area contributed by atoms with Crippen molar-refractivity contribution in [3.05, 3.63) is 41.0 Å². The van der Waals surface area contributed by atoms with Gasteiger partial charge in [-0.25, -0.2) is 0 Å². The predicted molar refractivity (Wildman–Crippen MR) is 78.2 cm³/mol. The third-order valence-corrected chi connectivity index (χ3v) is 3.99. The summed E-state index contributed by atoms with van der Waals surface area (Å²) in [7, 11) is 0. The lowest BCUT2D eigenvalue weighted by molar-refractivity contribution is 0.0846. The van der Waals surface area contributed by atoms with Crippen LogP contribution in [0.5, 0.6) is 0 Å². The second-order valence-electron chi connectivity index (χ2n) is 5.52. The van der Waals surface area contributed by atoms with E-state index in [-0.39, 0.29) is 5.91 Å². The first-order valence-electron chi connectivity index (χ1n) is 7.15. The molecule has 3 rings (SSSR count). The lowest BCUT2D eigenvalue weighted by atomic mass is 10.0. The number of nitrogens with zero attached hydrogens (tertiary/aromatic N) is 1. The molecular weight excluding hydrogens is 252 g/mol. The van der Waals surface area contributed by atoms with Gasteiger partial charge in [-0.15, -0.1) is 0 Å². The number of hydrogen-bond donors (Lipinski definition) is 1. The lowest BCUT2D eigenvalue weighted by Crippen LogP contribution is -2.19. The molecule has 3 heterocycles. The van der Waals surface area contributed by atoms with Crippen molar-refractivity contribution in [2.75, 3.05) is 13.1 Å². The number of furan rings is 1. The van der Waals surface area contributed by atoms with Gasteiger partial charge in [-0.05, 0) is 38.5 Å². The van der Waals surface area contributed by atoms with Crippen molar-refractivity contribution in [3.63, 3.8) is 0 Å². The summed E-state index contributed by atoms with van der Waals surface area (Å²) in [6.45, 7) is 7.94. The fourth-order valence-electron chi connectivity index (χ4n) is 2.45. The Morgan fingerprint density at radius 3 is 2.90 bits per heavy atom. The predicted octanol–water partition coefficient (Wildman–Crippen LogP) is 2.79. The van der Waals surface area contributed by atoms with Crippen molar-refractivity contribution in [1.82, 2.24) is 10.2 Å². The molecule has 106 valence electrons. The van der Waals surface area contributed by atoms with Gasteiger partial charge in [-0.3, -0.25) is 4.79 Å². The van der Waals surface area contributed by atoms with E-state index >= 15 is 0 Å². The molecule has 0 bridgehead atoms. The fraction of sp³-hybridized carbons (Fsp3) is 0.438. The Hall–Kier alpha value is -1.97. The average Bonchev–Trinajstić information content (AvgIpc) is 2.99. The fourth-order valence-corrected chi connectivity index (χ4v) is 2.45. The van der Waals surface area contributed by atoms with Gasteiger partial charge in [-0.1, -0.05) is 12.5 Å². The summed E-state index contributed by atoms with van der Waals surface area (Å²) < 4.78 is 5.76. The summed E-state index contributed by atoms with van der Waals surface area (Å²) in [5.41, 5.74) is 3.48. The number of carbonyl (C=O) groups excluding carboxylic acids is 1. The summed E-state index contributed by atoms with van der Waals surface area (Å²) in [5, 5.41) is 3.37. The van der Waals surface area contributed by atoms with E-state index in [0.717, 1.165) is 36.5 Å². The summed E-state index contributed by atoms with van der Waals surface area (Å²) in [4.78, 5) is 13.9. The maximum atomic E-state index is 12.1. The Kier molecular flexibility index (Phi) is 3.16. The van der Waals surface area contributed by atoms with Crippen LogP contribution in [0.2, 0.25) is 0 Å². The van der Waals surface area contributed by atoms with Crippen LogP contribution in [-0.2, 0) is 0 Å². The topological polar surface area (TPSA) is 45.2 Å². The Bertz CT molecular complexity index is 610. The molecule has 1 saturated heterocycles. The number of amides is 1. The Balaban J connectivity index is 1.86. The average molecular weight is 272 g/mol. The summed E-state index contributed by atoms with van der Waals surface area (Å²) in [6, 6.07) is 4.01. The van der Waals surface area contributed by atoms with Crippen molar-refractivity contribution in [1.29, 1.82) is 0 Å². The highest BCUT2D eigenvalue weighted by Gasteiger charge is 2.36. The number of dihydropyridines is 1. The van der Waals surface area contributed by atoms with Crippen molar-refractivity contribution in [2.45, 2.75) is 33.2 Å². The Labute approximate surface area is 119 Å². The van der Waals surface area contributed by atoms with E-state index in [0.29, 0.717) is 11.8 Å². The van der Waals surface area contributed by atoms with Gasteiger partial charge in [0.05, 0.1) is 0 Å². The first-order valence-corrected chi connectivity index (χ1v) is 7.15. The van der Waals surface area contributed by atoms with Crippen LogP contribution in [0.3, 0.4) is 0 Å². The van der Waals surface area contributed by atoms with E-state index in [2.05, 4.69) is 18.3 Å². The van der Waals surface area contributed by atoms with Crippen molar-refractivity contribution in [2.24, 2.45) is 0 Å². The maximum absolute atomic E-state index is 12.1. The summed E-state index contributed by atoms with van der Waals surface area (Å²) in [6.07, 6.45) is 3.18. The zero-order chi connectivity index (χ0) is 14.3. The van der Waals surface area contributed by atoms with Gasteiger partial charge in [-0.2, -0.15) is 0 Å². The van der Waals surface area contributed by atoms with Crippen LogP contribution in [0.15, 0.2) is 33.9 Å². The molecule has 2 aliphatic rings.